The summed E-state index contributed by atoms with van der Waals surface area (Å²) >= 11 is 0. The normalized spacial score (nSPS) is 12.8. The highest BCUT2D eigenvalue weighted by atomic mass is 16.6. The van der Waals surface area contributed by atoms with Gasteiger partial charge in [-0.2, -0.15) is 0 Å². The molecule has 1 amide bonds. The van der Waals surface area contributed by atoms with E-state index in [4.69, 9.17) is 4.74 Å². The highest BCUT2D eigenvalue weighted by Gasteiger charge is 2.17. The zero-order valence-electron chi connectivity index (χ0n) is 15.5. The van der Waals surface area contributed by atoms with Crippen LogP contribution >= 0.6 is 0 Å². The Morgan fingerprint density at radius 1 is 1.26 bits per heavy atom. The molecule has 1 aromatic carbocycles. The van der Waals surface area contributed by atoms with Crippen molar-refractivity contribution in [2.75, 3.05) is 6.54 Å². The summed E-state index contributed by atoms with van der Waals surface area (Å²) in [5.74, 6) is 0. The molecule has 0 aromatic heterocycles. The summed E-state index contributed by atoms with van der Waals surface area (Å²) in [4.78, 5) is 11.8. The monoisotopic (exact) mass is 320 g/mol. The van der Waals surface area contributed by atoms with E-state index in [0.29, 0.717) is 6.54 Å². The van der Waals surface area contributed by atoms with E-state index in [9.17, 15) is 4.79 Å². The minimum Gasteiger partial charge on any atom is -0.444 e. The molecular weight excluding hydrogens is 288 g/mol. The highest BCUT2D eigenvalue weighted by molar-refractivity contribution is 5.67. The second-order valence-corrected chi connectivity index (χ2v) is 7.18. The van der Waals surface area contributed by atoms with Crippen molar-refractivity contribution in [3.8, 4) is 0 Å². The maximum Gasteiger partial charge on any atom is 0.407 e. The number of nitrogens with one attached hydrogen (secondary N) is 2. The van der Waals surface area contributed by atoms with Gasteiger partial charge in [-0.1, -0.05) is 37.1 Å². The molecule has 0 fully saturated rings. The topological polar surface area (TPSA) is 50.4 Å². The third-order valence-corrected chi connectivity index (χ3v) is 3.61. The van der Waals surface area contributed by atoms with Gasteiger partial charge in [-0.3, -0.25) is 0 Å². The fourth-order valence-electron chi connectivity index (χ4n) is 2.44. The summed E-state index contributed by atoms with van der Waals surface area (Å²) < 4.78 is 5.28. The van der Waals surface area contributed by atoms with Crippen LogP contribution < -0.4 is 10.6 Å². The van der Waals surface area contributed by atoms with Crippen molar-refractivity contribution in [1.29, 1.82) is 0 Å². The van der Waals surface area contributed by atoms with Crippen molar-refractivity contribution >= 4 is 6.09 Å². The highest BCUT2D eigenvalue weighted by Crippen LogP contribution is 2.11. The van der Waals surface area contributed by atoms with Crippen LogP contribution in [0.1, 0.15) is 57.2 Å². The fraction of sp³-hybridized carbons (Fsp3) is 0.632. The molecule has 0 aliphatic heterocycles. The smallest absolute Gasteiger partial charge is 0.407 e. The summed E-state index contributed by atoms with van der Waals surface area (Å²) in [6.45, 7) is 13.4. The maximum atomic E-state index is 11.8. The standard InChI is InChI=1S/C19H32N2O2/c1-7-8-17(13-21-18(22)23-19(4,5)6)20-12-16-10-9-14(2)11-15(16)3/h9-11,17,20H,7-8,12-13H2,1-6H3,(H,21,22). The Morgan fingerprint density at radius 2 is 1.96 bits per heavy atom. The molecule has 0 bridgehead atoms. The lowest BCUT2D eigenvalue weighted by Crippen LogP contribution is -2.42. The van der Waals surface area contributed by atoms with Gasteiger partial charge in [0.25, 0.3) is 0 Å². The van der Waals surface area contributed by atoms with E-state index in [1.807, 2.05) is 20.8 Å². The Bertz CT molecular complexity index is 507. The van der Waals surface area contributed by atoms with Crippen LogP contribution in [0.25, 0.3) is 0 Å². The summed E-state index contributed by atoms with van der Waals surface area (Å²) in [7, 11) is 0. The van der Waals surface area contributed by atoms with Crippen LogP contribution in [0.3, 0.4) is 0 Å². The molecule has 4 nitrogen and oxygen atoms in total. The Kier molecular flexibility index (Phi) is 7.56. The summed E-state index contributed by atoms with van der Waals surface area (Å²) in [5, 5.41) is 6.41. The van der Waals surface area contributed by atoms with Crippen LogP contribution in [-0.4, -0.2) is 24.3 Å². The van der Waals surface area contributed by atoms with Crippen LogP contribution in [0.5, 0.6) is 0 Å². The molecule has 1 unspecified atom stereocenters. The van der Waals surface area contributed by atoms with E-state index in [-0.39, 0.29) is 12.1 Å². The number of hydrogen-bond acceptors (Lipinski definition) is 3. The molecule has 1 atom stereocenters. The van der Waals surface area contributed by atoms with Gasteiger partial charge in [0.15, 0.2) is 0 Å². The lowest BCUT2D eigenvalue weighted by molar-refractivity contribution is 0.0521. The Labute approximate surface area is 141 Å². The first-order chi connectivity index (χ1) is 10.7. The van der Waals surface area contributed by atoms with Gasteiger partial charge in [0.05, 0.1) is 0 Å². The van der Waals surface area contributed by atoms with Gasteiger partial charge in [-0.05, 0) is 52.2 Å². The van der Waals surface area contributed by atoms with Crippen molar-refractivity contribution in [3.63, 3.8) is 0 Å². The SMILES string of the molecule is CCCC(CNC(=O)OC(C)(C)C)NCc1ccc(C)cc1C. The molecule has 1 rings (SSSR count). The number of ether oxygens (including phenoxy) is 1. The predicted molar refractivity (Wildman–Crippen MR) is 95.7 cm³/mol. The summed E-state index contributed by atoms with van der Waals surface area (Å²) in [6, 6.07) is 6.75. The lowest BCUT2D eigenvalue weighted by atomic mass is 10.0. The van der Waals surface area contributed by atoms with Gasteiger partial charge in [-0.15, -0.1) is 0 Å². The van der Waals surface area contributed by atoms with Crippen molar-refractivity contribution in [2.45, 2.75) is 72.6 Å². The quantitative estimate of drug-likeness (QED) is 0.795. The molecule has 130 valence electrons. The number of aryl methyl sites for hydroxylation is 2. The number of benzene rings is 1. The minimum absolute atomic E-state index is 0.244. The summed E-state index contributed by atoms with van der Waals surface area (Å²) in [6.07, 6.45) is 1.73. The molecule has 0 spiro atoms. The van der Waals surface area contributed by atoms with E-state index >= 15 is 0 Å². The number of carbonyl (C=O) groups excluding carboxylic acids is 1. The molecular formula is C19H32N2O2. The summed E-state index contributed by atoms with van der Waals surface area (Å²) in [5.41, 5.74) is 3.42. The van der Waals surface area contributed by atoms with Crippen LogP contribution in [0, 0.1) is 13.8 Å². The Balaban J connectivity index is 2.50. The maximum absolute atomic E-state index is 11.8. The Hall–Kier alpha value is -1.55. The fourth-order valence-corrected chi connectivity index (χ4v) is 2.44. The number of hydrogen-bond donors (Lipinski definition) is 2. The van der Waals surface area contributed by atoms with Crippen molar-refractivity contribution < 1.29 is 9.53 Å². The molecule has 23 heavy (non-hydrogen) atoms. The van der Waals surface area contributed by atoms with Crippen LogP contribution in [0.2, 0.25) is 0 Å². The second kappa shape index (κ2) is 8.92. The molecule has 0 saturated carbocycles. The van der Waals surface area contributed by atoms with Crippen LogP contribution in [0.15, 0.2) is 18.2 Å². The molecule has 0 heterocycles. The Morgan fingerprint density at radius 3 is 2.52 bits per heavy atom. The van der Waals surface area contributed by atoms with Gasteiger partial charge in [0.1, 0.15) is 5.60 Å². The predicted octanol–water partition coefficient (Wildman–Crippen LogP) is 4.09. The minimum atomic E-state index is -0.462. The lowest BCUT2D eigenvalue weighted by Gasteiger charge is -2.23. The number of alkyl carbamates (subject to hydrolysis) is 1. The van der Waals surface area contributed by atoms with Crippen LogP contribution in [0.4, 0.5) is 4.79 Å². The first-order valence-corrected chi connectivity index (χ1v) is 8.47. The first kappa shape index (κ1) is 19.5. The zero-order chi connectivity index (χ0) is 17.5. The van der Waals surface area contributed by atoms with E-state index < -0.39 is 5.60 Å². The van der Waals surface area contributed by atoms with E-state index in [0.717, 1.165) is 19.4 Å². The van der Waals surface area contributed by atoms with E-state index in [2.05, 4.69) is 49.6 Å². The van der Waals surface area contributed by atoms with Gasteiger partial charge >= 0.3 is 6.09 Å². The van der Waals surface area contributed by atoms with Gasteiger partial charge in [-0.25, -0.2) is 4.79 Å². The molecule has 0 aliphatic rings. The van der Waals surface area contributed by atoms with E-state index in [1.54, 1.807) is 0 Å². The molecule has 4 heteroatoms. The number of carbonyl (C=O) groups is 1. The average Bonchev–Trinajstić information content (AvgIpc) is 2.41. The van der Waals surface area contributed by atoms with Gasteiger partial charge in [0.2, 0.25) is 0 Å². The molecule has 2 N–H and O–H groups in total. The van der Waals surface area contributed by atoms with Crippen LogP contribution in [-0.2, 0) is 11.3 Å². The number of rotatable bonds is 7. The zero-order valence-corrected chi connectivity index (χ0v) is 15.5. The molecule has 0 aliphatic carbocycles. The third-order valence-electron chi connectivity index (χ3n) is 3.61. The second-order valence-electron chi connectivity index (χ2n) is 7.18. The number of amides is 1. The third kappa shape index (κ3) is 8.03. The van der Waals surface area contributed by atoms with Crippen molar-refractivity contribution in [1.82, 2.24) is 10.6 Å². The average molecular weight is 320 g/mol. The van der Waals surface area contributed by atoms with Gasteiger partial charge in [0, 0.05) is 19.1 Å². The molecule has 0 radical (unpaired) electrons. The molecule has 0 saturated heterocycles. The molecule has 1 aromatic rings. The van der Waals surface area contributed by atoms with E-state index in [1.165, 1.54) is 16.7 Å². The largest absolute Gasteiger partial charge is 0.444 e. The first-order valence-electron chi connectivity index (χ1n) is 8.47. The van der Waals surface area contributed by atoms with Crippen molar-refractivity contribution in [2.24, 2.45) is 0 Å². The van der Waals surface area contributed by atoms with Crippen molar-refractivity contribution in [3.05, 3.63) is 34.9 Å². The van der Waals surface area contributed by atoms with Gasteiger partial charge < -0.3 is 15.4 Å².